The van der Waals surface area contributed by atoms with Crippen LogP contribution >= 0.6 is 0 Å². The van der Waals surface area contributed by atoms with Crippen molar-refractivity contribution in [3.05, 3.63) is 35.2 Å². The minimum Gasteiger partial charge on any atom is -0.356 e. The van der Waals surface area contributed by atoms with Gasteiger partial charge >= 0.3 is 5.36 Å². The van der Waals surface area contributed by atoms with Gasteiger partial charge in [-0.1, -0.05) is 0 Å². The molecule has 1 N–H and O–H groups in total. The summed E-state index contributed by atoms with van der Waals surface area (Å²) >= 11 is 0. The summed E-state index contributed by atoms with van der Waals surface area (Å²) in [4.78, 5) is 7.17. The molecule has 0 aromatic carbocycles. The Morgan fingerprint density at radius 2 is 2.44 bits per heavy atom. The molecular formula is C7H6N2+. The van der Waals surface area contributed by atoms with Crippen molar-refractivity contribution in [3.8, 4) is 0 Å². The molecule has 1 aromatic rings. The molecule has 43 valence electrons. The van der Waals surface area contributed by atoms with Gasteiger partial charge in [-0.3, -0.25) is 0 Å². The van der Waals surface area contributed by atoms with Gasteiger partial charge in [-0.25, -0.2) is 0 Å². The normalized spacial score (nSPS) is 13.8. The van der Waals surface area contributed by atoms with Crippen molar-refractivity contribution in [2.24, 2.45) is 0 Å². The molecule has 0 saturated heterocycles. The third-order valence-electron chi connectivity index (χ3n) is 1.32. The fourth-order valence-electron chi connectivity index (χ4n) is 0.883. The van der Waals surface area contributed by atoms with Crippen molar-refractivity contribution in [2.75, 3.05) is 0 Å². The maximum absolute atomic E-state index is 4.11. The molecule has 1 aromatic heterocycles. The maximum atomic E-state index is 4.11. The number of nitrogens with one attached hydrogen (secondary N) is 1. The van der Waals surface area contributed by atoms with Crippen LogP contribution in [0.1, 0.15) is 0 Å². The van der Waals surface area contributed by atoms with E-state index in [1.165, 1.54) is 0 Å². The molecule has 9 heavy (non-hydrogen) atoms. The quantitative estimate of drug-likeness (QED) is 0.466. The summed E-state index contributed by atoms with van der Waals surface area (Å²) in [6.07, 6.45) is 7.59. The van der Waals surface area contributed by atoms with Crippen LogP contribution in [0.4, 0.5) is 0 Å². The summed E-state index contributed by atoms with van der Waals surface area (Å²) in [5, 5.41) is 2.12. The van der Waals surface area contributed by atoms with Gasteiger partial charge in [-0.15, -0.1) is 0 Å². The first-order chi connectivity index (χ1) is 4.47. The minimum absolute atomic E-state index is 1.03. The molecular weight excluding hydrogens is 112 g/mol. The predicted octanol–water partition coefficient (Wildman–Crippen LogP) is -0.722. The number of hydrogen-bond acceptors (Lipinski definition) is 1. The Kier molecular flexibility index (Phi) is 0.803. The highest BCUT2D eigenvalue weighted by Gasteiger charge is 1.98. The topological polar surface area (TPSA) is 29.9 Å². The molecule has 0 saturated carbocycles. The van der Waals surface area contributed by atoms with Crippen molar-refractivity contribution < 1.29 is 0 Å². The zero-order valence-electron chi connectivity index (χ0n) is 4.83. The van der Waals surface area contributed by atoms with Gasteiger partial charge in [-0.05, 0) is 6.08 Å². The second kappa shape index (κ2) is 1.58. The van der Waals surface area contributed by atoms with Gasteiger partial charge in [0.15, 0.2) is 0 Å². The monoisotopic (exact) mass is 118 g/mol. The van der Waals surface area contributed by atoms with Crippen LogP contribution in [0.3, 0.4) is 0 Å². The lowest BCUT2D eigenvalue weighted by Gasteiger charge is -1.70. The van der Waals surface area contributed by atoms with Crippen LogP contribution in [0, 0.1) is 0 Å². The molecule has 0 bridgehead atoms. The van der Waals surface area contributed by atoms with Crippen LogP contribution in [0.5, 0.6) is 0 Å². The van der Waals surface area contributed by atoms with Crippen LogP contribution in [0.2, 0.25) is 0 Å². The molecule has 0 unspecified atom stereocenters. The minimum atomic E-state index is 1.03. The largest absolute Gasteiger partial charge is 0.356 e. The van der Waals surface area contributed by atoms with E-state index in [2.05, 4.69) is 9.98 Å². The van der Waals surface area contributed by atoms with Crippen molar-refractivity contribution in [2.45, 2.75) is 0 Å². The Morgan fingerprint density at radius 1 is 1.44 bits per heavy atom. The van der Waals surface area contributed by atoms with E-state index in [1.807, 2.05) is 24.4 Å². The number of aromatic nitrogens is 1. The van der Waals surface area contributed by atoms with Crippen LogP contribution in [-0.2, 0) is 0 Å². The highest BCUT2D eigenvalue weighted by atomic mass is 14.7. The summed E-state index contributed by atoms with van der Waals surface area (Å²) in [5.74, 6) is 0. The van der Waals surface area contributed by atoms with Gasteiger partial charge < -0.3 is 4.98 Å². The lowest BCUT2D eigenvalue weighted by Crippen LogP contribution is -2.27. The van der Waals surface area contributed by atoms with Gasteiger partial charge in [0.25, 0.3) is 0 Å². The van der Waals surface area contributed by atoms with Crippen LogP contribution in [0.25, 0.3) is 6.08 Å². The smallest absolute Gasteiger partial charge is 0.301 e. The van der Waals surface area contributed by atoms with Crippen molar-refractivity contribution in [1.29, 1.82) is 0 Å². The van der Waals surface area contributed by atoms with E-state index in [0.717, 1.165) is 10.7 Å². The standard InChI is InChI=1S/C7H6N2/c1-2-6-7(8-4-1)3-5-9-6/h1-5,9H/q+1. The summed E-state index contributed by atoms with van der Waals surface area (Å²) in [7, 11) is 0. The number of fused-ring (bicyclic) bond motifs is 1. The lowest BCUT2D eigenvalue weighted by molar-refractivity contribution is 1.16. The average molecular weight is 118 g/mol. The second-order valence-corrected chi connectivity index (χ2v) is 1.91. The molecule has 1 aliphatic rings. The molecule has 2 rings (SSSR count). The Balaban J connectivity index is 2.99. The van der Waals surface area contributed by atoms with E-state index in [0.29, 0.717) is 0 Å². The third-order valence-corrected chi connectivity index (χ3v) is 1.32. The van der Waals surface area contributed by atoms with E-state index in [1.54, 1.807) is 6.20 Å². The molecule has 1 radical (unpaired) electrons. The van der Waals surface area contributed by atoms with Crippen LogP contribution in [-0.4, -0.2) is 4.98 Å². The highest BCUT2D eigenvalue weighted by Crippen LogP contribution is 1.71. The first-order valence-electron chi connectivity index (χ1n) is 2.85. The number of rotatable bonds is 0. The SMILES string of the molecule is C1=C[N+]=c2cc[nH]c2=C1. The zero-order chi connectivity index (χ0) is 6.10. The van der Waals surface area contributed by atoms with Crippen LogP contribution in [0.15, 0.2) is 24.5 Å². The number of hydrogen-bond donors (Lipinski definition) is 1. The van der Waals surface area contributed by atoms with E-state index < -0.39 is 0 Å². The van der Waals surface area contributed by atoms with Gasteiger partial charge in [0, 0.05) is 18.3 Å². The van der Waals surface area contributed by atoms with Gasteiger partial charge in [-0.2, -0.15) is 0 Å². The van der Waals surface area contributed by atoms with Gasteiger partial charge in [0.2, 0.25) is 6.20 Å². The summed E-state index contributed by atoms with van der Waals surface area (Å²) < 4.78 is 0. The lowest BCUT2D eigenvalue weighted by atomic mass is 10.4. The first kappa shape index (κ1) is 4.56. The van der Waals surface area contributed by atoms with Crippen molar-refractivity contribution in [1.82, 2.24) is 9.98 Å². The molecule has 0 aliphatic carbocycles. The molecule has 0 spiro atoms. The second-order valence-electron chi connectivity index (χ2n) is 1.91. The van der Waals surface area contributed by atoms with Crippen molar-refractivity contribution >= 4 is 6.08 Å². The molecule has 2 heterocycles. The van der Waals surface area contributed by atoms with E-state index in [9.17, 15) is 0 Å². The number of H-pyrrole nitrogens is 1. The van der Waals surface area contributed by atoms with E-state index >= 15 is 0 Å². The van der Waals surface area contributed by atoms with E-state index in [4.69, 9.17) is 0 Å². The maximum Gasteiger partial charge on any atom is 0.301 e. The van der Waals surface area contributed by atoms with Gasteiger partial charge in [0.05, 0.1) is 4.99 Å². The third kappa shape index (κ3) is 0.598. The predicted molar refractivity (Wildman–Crippen MR) is 34.9 cm³/mol. The molecule has 0 atom stereocenters. The van der Waals surface area contributed by atoms with E-state index in [-0.39, 0.29) is 0 Å². The Bertz CT molecular complexity index is 311. The van der Waals surface area contributed by atoms with Gasteiger partial charge in [0.1, 0.15) is 5.35 Å². The number of allylic oxidation sites excluding steroid dienone is 1. The Labute approximate surface area is 52.2 Å². The summed E-state index contributed by atoms with van der Waals surface area (Å²) in [6, 6.07) is 1.95. The van der Waals surface area contributed by atoms with Crippen molar-refractivity contribution in [3.63, 3.8) is 0 Å². The highest BCUT2D eigenvalue weighted by molar-refractivity contribution is 5.35. The molecule has 0 fully saturated rings. The molecule has 1 aliphatic heterocycles. The number of aromatic amines is 1. The average Bonchev–Trinajstić information content (AvgIpc) is 2.33. The fraction of sp³-hybridized carbons (Fsp3) is 0. The molecule has 2 heteroatoms. The first-order valence-corrected chi connectivity index (χ1v) is 2.85. The van der Waals surface area contributed by atoms with Crippen LogP contribution < -0.4 is 15.7 Å². The number of nitrogens with zero attached hydrogens (tertiary/aromatic N) is 1. The molecule has 0 amide bonds. The fourth-order valence-corrected chi connectivity index (χ4v) is 0.883. The zero-order valence-corrected chi connectivity index (χ0v) is 4.83. The summed E-state index contributed by atoms with van der Waals surface area (Å²) in [6.45, 7) is 0. The Hall–Kier alpha value is -1.31. The molecule has 2 nitrogen and oxygen atoms in total. The Morgan fingerprint density at radius 3 is 3.33 bits per heavy atom. The summed E-state index contributed by atoms with van der Waals surface area (Å²) in [5.41, 5.74) is 0.